The fraction of sp³-hybridized carbons (Fsp3) is 0.773. The van der Waals surface area contributed by atoms with Gasteiger partial charge in [0.1, 0.15) is 12.2 Å². The van der Waals surface area contributed by atoms with E-state index in [4.69, 9.17) is 24.1 Å². The number of carbonyl (C=O) groups is 1. The van der Waals surface area contributed by atoms with Gasteiger partial charge < -0.3 is 24.1 Å². The zero-order chi connectivity index (χ0) is 26.3. The average Bonchev–Trinajstić information content (AvgIpc) is 2.94. The number of ether oxygens (including phenoxy) is 2. The van der Waals surface area contributed by atoms with E-state index in [2.05, 4.69) is 72.7 Å². The molecule has 0 spiro atoms. The summed E-state index contributed by atoms with van der Waals surface area (Å²) in [6, 6.07) is 1.23. The molecule has 1 aromatic rings. The monoisotopic (exact) mass is 515 g/mol. The van der Waals surface area contributed by atoms with Crippen LogP contribution in [0.4, 0.5) is 4.79 Å². The van der Waals surface area contributed by atoms with E-state index in [9.17, 15) is 14.4 Å². The van der Waals surface area contributed by atoms with E-state index in [1.54, 1.807) is 0 Å². The number of hydrogen-bond donors (Lipinski definition) is 2. The van der Waals surface area contributed by atoms with Crippen LogP contribution >= 0.6 is 0 Å². The van der Waals surface area contributed by atoms with Crippen molar-refractivity contribution in [2.45, 2.75) is 102 Å². The third-order valence-corrected chi connectivity index (χ3v) is 16.3. The molecule has 1 aliphatic heterocycles. The fourth-order valence-electron chi connectivity index (χ4n) is 3.12. The molecular formula is C22H41N3O7Si2. The van der Waals surface area contributed by atoms with Gasteiger partial charge >= 0.3 is 11.8 Å². The maximum absolute atomic E-state index is 12.6. The number of rotatable bonds is 7. The van der Waals surface area contributed by atoms with Crippen LogP contribution in [0.1, 0.15) is 47.8 Å². The molecule has 12 heteroatoms. The second-order valence-electron chi connectivity index (χ2n) is 11.9. The Kier molecular flexibility index (Phi) is 8.15. The Bertz CT molecular complexity index is 992. The number of H-pyrrole nitrogens is 1. The van der Waals surface area contributed by atoms with Gasteiger partial charge in [-0.05, 0) is 36.3 Å². The Morgan fingerprint density at radius 1 is 1.06 bits per heavy atom. The van der Waals surface area contributed by atoms with Gasteiger partial charge in [0.25, 0.3) is 5.56 Å². The summed E-state index contributed by atoms with van der Waals surface area (Å²) in [7, 11) is -4.58. The van der Waals surface area contributed by atoms with Crippen LogP contribution in [0, 0.1) is 0 Å². The summed E-state index contributed by atoms with van der Waals surface area (Å²) in [5, 5.41) is -0.210. The minimum absolute atomic E-state index is 0.0437. The number of aromatic amines is 1. The maximum Gasteiger partial charge on any atom is 0.404 e. The van der Waals surface area contributed by atoms with Crippen molar-refractivity contribution in [3.63, 3.8) is 0 Å². The lowest BCUT2D eigenvalue weighted by molar-refractivity contribution is -0.0518. The van der Waals surface area contributed by atoms with E-state index < -0.39 is 58.5 Å². The molecule has 4 atom stereocenters. The standard InChI is InChI=1S/C22H41N3O7Si2/c1-21(2,3)33(7,8)29-13-14-16(31-19(23)27)17(32-34(9,10)22(4,5)6)18(30-14)25-12-11-15(26)24-20(25)28/h11-12,14,16-18H,13H2,1-10H3,(H2,23,27)(H,24,26,28). The zero-order valence-electron chi connectivity index (χ0n) is 22.1. The molecule has 0 aliphatic carbocycles. The first-order valence-corrected chi connectivity index (χ1v) is 17.3. The first-order chi connectivity index (χ1) is 15.3. The third-order valence-electron chi connectivity index (χ3n) is 7.31. The summed E-state index contributed by atoms with van der Waals surface area (Å²) in [5.41, 5.74) is 4.25. The molecule has 10 nitrogen and oxygen atoms in total. The van der Waals surface area contributed by atoms with Crippen molar-refractivity contribution in [1.29, 1.82) is 0 Å². The van der Waals surface area contributed by atoms with Crippen LogP contribution in [0.25, 0.3) is 0 Å². The van der Waals surface area contributed by atoms with Crippen molar-refractivity contribution in [3.05, 3.63) is 33.1 Å². The first kappa shape index (κ1) is 28.5. The number of carbonyl (C=O) groups excluding carboxylic acids is 1. The average molecular weight is 516 g/mol. The molecule has 1 aliphatic rings. The number of nitrogens with zero attached hydrogens (tertiary/aromatic N) is 1. The second-order valence-corrected chi connectivity index (χ2v) is 21.5. The Morgan fingerprint density at radius 3 is 2.09 bits per heavy atom. The summed E-state index contributed by atoms with van der Waals surface area (Å²) in [6.45, 7) is 21.1. The van der Waals surface area contributed by atoms with Gasteiger partial charge in [-0.1, -0.05) is 41.5 Å². The zero-order valence-corrected chi connectivity index (χ0v) is 24.1. The number of aromatic nitrogens is 2. The second kappa shape index (κ2) is 9.72. The molecule has 1 amide bonds. The lowest BCUT2D eigenvalue weighted by Crippen LogP contribution is -2.51. The minimum atomic E-state index is -2.42. The maximum atomic E-state index is 12.6. The van der Waals surface area contributed by atoms with E-state index in [1.807, 2.05) is 0 Å². The van der Waals surface area contributed by atoms with Gasteiger partial charge in [-0.25, -0.2) is 9.59 Å². The van der Waals surface area contributed by atoms with Crippen LogP contribution in [0.15, 0.2) is 21.9 Å². The number of nitrogens with two attached hydrogens (primary N) is 1. The largest absolute Gasteiger partial charge is 0.441 e. The molecular weight excluding hydrogens is 474 g/mol. The normalized spacial score (nSPS) is 24.3. The highest BCUT2D eigenvalue weighted by Crippen LogP contribution is 2.43. The molecule has 0 radical (unpaired) electrons. The Hall–Kier alpha value is -1.74. The highest BCUT2D eigenvalue weighted by Gasteiger charge is 2.53. The van der Waals surface area contributed by atoms with E-state index in [0.717, 1.165) is 0 Å². The summed E-state index contributed by atoms with van der Waals surface area (Å²) in [5.74, 6) is 0. The van der Waals surface area contributed by atoms with Gasteiger partial charge in [0.15, 0.2) is 29.0 Å². The molecule has 1 aromatic heterocycles. The molecule has 0 bridgehead atoms. The highest BCUT2D eigenvalue weighted by atomic mass is 28.4. The fourth-order valence-corrected chi connectivity index (χ4v) is 5.42. The first-order valence-electron chi connectivity index (χ1n) is 11.5. The smallest absolute Gasteiger partial charge is 0.404 e. The number of amides is 1. The predicted molar refractivity (Wildman–Crippen MR) is 135 cm³/mol. The van der Waals surface area contributed by atoms with Gasteiger partial charge in [0.05, 0.1) is 6.61 Å². The minimum Gasteiger partial charge on any atom is -0.441 e. The van der Waals surface area contributed by atoms with Crippen molar-refractivity contribution in [3.8, 4) is 0 Å². The SMILES string of the molecule is CC(C)(C)[Si](C)(C)OCC1OC(n2ccc(=O)[nH]c2=O)C(O[Si](C)(C)C(C)(C)C)C1OC(N)=O. The van der Waals surface area contributed by atoms with Gasteiger partial charge in [-0.2, -0.15) is 0 Å². The lowest BCUT2D eigenvalue weighted by Gasteiger charge is -2.40. The molecule has 2 rings (SSSR count). The molecule has 2 heterocycles. The van der Waals surface area contributed by atoms with Crippen LogP contribution in [-0.2, 0) is 18.3 Å². The molecule has 34 heavy (non-hydrogen) atoms. The van der Waals surface area contributed by atoms with Crippen LogP contribution in [0.2, 0.25) is 36.3 Å². The van der Waals surface area contributed by atoms with Crippen LogP contribution < -0.4 is 17.0 Å². The molecule has 194 valence electrons. The molecule has 1 saturated heterocycles. The highest BCUT2D eigenvalue weighted by molar-refractivity contribution is 6.74. The molecule has 3 N–H and O–H groups in total. The van der Waals surface area contributed by atoms with Crippen molar-refractivity contribution in [2.24, 2.45) is 5.73 Å². The molecule has 0 aromatic carbocycles. The third kappa shape index (κ3) is 6.28. The Labute approximate surface area is 203 Å². The van der Waals surface area contributed by atoms with E-state index in [-0.39, 0.29) is 16.7 Å². The number of primary amides is 1. The van der Waals surface area contributed by atoms with Gasteiger partial charge in [-0.15, -0.1) is 0 Å². The molecule has 1 fully saturated rings. The van der Waals surface area contributed by atoms with Crippen LogP contribution in [-0.4, -0.2) is 57.2 Å². The van der Waals surface area contributed by atoms with E-state index in [0.29, 0.717) is 0 Å². The number of nitrogens with one attached hydrogen (secondary N) is 1. The lowest BCUT2D eigenvalue weighted by atomic mass is 10.1. The van der Waals surface area contributed by atoms with Gasteiger partial charge in [-0.3, -0.25) is 14.3 Å². The molecule has 4 unspecified atom stereocenters. The summed E-state index contributed by atoms with van der Waals surface area (Å²) >= 11 is 0. The number of hydrogen-bond acceptors (Lipinski definition) is 7. The Balaban J connectivity index is 2.52. The van der Waals surface area contributed by atoms with Crippen molar-refractivity contribution in [2.75, 3.05) is 6.61 Å². The Morgan fingerprint density at radius 2 is 1.62 bits per heavy atom. The van der Waals surface area contributed by atoms with Crippen molar-refractivity contribution >= 4 is 22.7 Å². The predicted octanol–water partition coefficient (Wildman–Crippen LogP) is 3.31. The topological polar surface area (TPSA) is 135 Å². The van der Waals surface area contributed by atoms with Gasteiger partial charge in [0.2, 0.25) is 0 Å². The van der Waals surface area contributed by atoms with Gasteiger partial charge in [0, 0.05) is 12.3 Å². The summed E-state index contributed by atoms with van der Waals surface area (Å²) in [6.07, 6.45) is -3.02. The van der Waals surface area contributed by atoms with E-state index >= 15 is 0 Å². The summed E-state index contributed by atoms with van der Waals surface area (Å²) < 4.78 is 26.0. The van der Waals surface area contributed by atoms with Crippen molar-refractivity contribution < 1.29 is 23.1 Å². The van der Waals surface area contributed by atoms with E-state index in [1.165, 1.54) is 16.8 Å². The van der Waals surface area contributed by atoms with Crippen LogP contribution in [0.5, 0.6) is 0 Å². The van der Waals surface area contributed by atoms with Crippen molar-refractivity contribution in [1.82, 2.24) is 9.55 Å². The van der Waals surface area contributed by atoms with Crippen LogP contribution in [0.3, 0.4) is 0 Å². The molecule has 0 saturated carbocycles. The summed E-state index contributed by atoms with van der Waals surface area (Å²) in [4.78, 5) is 38.4. The quantitative estimate of drug-likeness (QED) is 0.532.